The molecule has 7 heteroatoms. The molecule has 32 heavy (non-hydrogen) atoms. The molecule has 156 valence electrons. The second-order valence-electron chi connectivity index (χ2n) is 6.98. The van der Waals surface area contributed by atoms with Crippen LogP contribution in [-0.4, -0.2) is 15.0 Å². The summed E-state index contributed by atoms with van der Waals surface area (Å²) in [5.74, 6) is 0.715. The lowest BCUT2D eigenvalue weighted by molar-refractivity contribution is 1.24. The van der Waals surface area contributed by atoms with Gasteiger partial charge in [-0.25, -0.2) is 9.97 Å². The van der Waals surface area contributed by atoms with Crippen LogP contribution in [0.3, 0.4) is 0 Å². The van der Waals surface area contributed by atoms with E-state index in [4.69, 9.17) is 21.6 Å². The summed E-state index contributed by atoms with van der Waals surface area (Å²) in [6.45, 7) is 0. The van der Waals surface area contributed by atoms with Gasteiger partial charge in [-0.15, -0.1) is 11.3 Å². The molecule has 0 aliphatic carbocycles. The summed E-state index contributed by atoms with van der Waals surface area (Å²) in [6, 6.07) is 25.7. The minimum Gasteiger partial charge on any atom is -0.316 e. The van der Waals surface area contributed by atoms with E-state index in [1.165, 1.54) is 0 Å². The highest BCUT2D eigenvalue weighted by Crippen LogP contribution is 2.34. The molecular weight excluding hydrogens is 504 g/mol. The maximum Gasteiger partial charge on any atom is 0.188 e. The third kappa shape index (κ3) is 4.58. The van der Waals surface area contributed by atoms with Crippen LogP contribution < -0.4 is 5.32 Å². The van der Waals surface area contributed by atoms with Crippen LogP contribution in [0.2, 0.25) is 5.02 Å². The minimum absolute atomic E-state index is 0.695. The van der Waals surface area contributed by atoms with Gasteiger partial charge in [-0.05, 0) is 54.1 Å². The SMILES string of the molecule is Clc1ccc(-c2ccc(-c3ccccn3)nc2Nc2nc(-c3ccc(Br)cc3)cs2)cc1. The van der Waals surface area contributed by atoms with E-state index >= 15 is 0 Å². The summed E-state index contributed by atoms with van der Waals surface area (Å²) in [4.78, 5) is 14.1. The molecule has 0 saturated carbocycles. The van der Waals surface area contributed by atoms with Crippen LogP contribution in [0.15, 0.2) is 94.9 Å². The molecule has 0 saturated heterocycles. The first-order valence-corrected chi connectivity index (χ1v) is 11.9. The summed E-state index contributed by atoms with van der Waals surface area (Å²) in [7, 11) is 0. The Bertz CT molecular complexity index is 1350. The van der Waals surface area contributed by atoms with E-state index < -0.39 is 0 Å². The maximum atomic E-state index is 6.09. The molecular formula is C25H16BrClN4S. The van der Waals surface area contributed by atoms with Crippen LogP contribution in [0.4, 0.5) is 10.9 Å². The fourth-order valence-electron chi connectivity index (χ4n) is 3.26. The Labute approximate surface area is 203 Å². The quantitative estimate of drug-likeness (QED) is 0.255. The Hall–Kier alpha value is -3.06. The Morgan fingerprint density at radius 2 is 1.53 bits per heavy atom. The molecule has 5 rings (SSSR count). The molecule has 0 atom stereocenters. The van der Waals surface area contributed by atoms with Gasteiger partial charge in [0.2, 0.25) is 0 Å². The number of hydrogen-bond donors (Lipinski definition) is 1. The van der Waals surface area contributed by atoms with Gasteiger partial charge < -0.3 is 5.32 Å². The number of nitrogens with one attached hydrogen (secondary N) is 1. The van der Waals surface area contributed by atoms with Gasteiger partial charge in [0, 0.05) is 32.2 Å². The van der Waals surface area contributed by atoms with Crippen molar-refractivity contribution in [2.45, 2.75) is 0 Å². The highest BCUT2D eigenvalue weighted by Gasteiger charge is 2.13. The van der Waals surface area contributed by atoms with Gasteiger partial charge in [-0.2, -0.15) is 0 Å². The second kappa shape index (κ2) is 9.20. The van der Waals surface area contributed by atoms with Gasteiger partial charge >= 0.3 is 0 Å². The van der Waals surface area contributed by atoms with Crippen molar-refractivity contribution in [3.05, 3.63) is 99.9 Å². The molecule has 0 aliphatic rings. The van der Waals surface area contributed by atoms with E-state index in [0.717, 1.165) is 43.4 Å². The van der Waals surface area contributed by atoms with E-state index in [0.29, 0.717) is 10.8 Å². The molecule has 0 aliphatic heterocycles. The first kappa shape index (κ1) is 20.8. The molecule has 0 bridgehead atoms. The number of halogens is 2. The molecule has 2 aromatic carbocycles. The average molecular weight is 520 g/mol. The average Bonchev–Trinajstić information content (AvgIpc) is 3.29. The molecule has 1 N–H and O–H groups in total. The van der Waals surface area contributed by atoms with Gasteiger partial charge in [0.1, 0.15) is 5.82 Å². The Kier molecular flexibility index (Phi) is 5.99. The number of anilines is 2. The van der Waals surface area contributed by atoms with Gasteiger partial charge in [0.05, 0.1) is 17.1 Å². The smallest absolute Gasteiger partial charge is 0.188 e. The first-order valence-electron chi connectivity index (χ1n) is 9.82. The zero-order chi connectivity index (χ0) is 21.9. The van der Waals surface area contributed by atoms with Crippen LogP contribution in [0.25, 0.3) is 33.8 Å². The summed E-state index contributed by atoms with van der Waals surface area (Å²) < 4.78 is 1.04. The normalized spacial score (nSPS) is 10.8. The number of rotatable bonds is 5. The first-order chi connectivity index (χ1) is 15.7. The van der Waals surface area contributed by atoms with Crippen LogP contribution in [-0.2, 0) is 0 Å². The highest BCUT2D eigenvalue weighted by molar-refractivity contribution is 9.10. The van der Waals surface area contributed by atoms with E-state index in [2.05, 4.69) is 26.2 Å². The van der Waals surface area contributed by atoms with E-state index in [1.54, 1.807) is 17.5 Å². The summed E-state index contributed by atoms with van der Waals surface area (Å²) in [5, 5.41) is 6.92. The van der Waals surface area contributed by atoms with Gasteiger partial charge in [0.25, 0.3) is 0 Å². The number of pyridine rings is 2. The summed E-state index contributed by atoms with van der Waals surface area (Å²) in [6.07, 6.45) is 1.77. The molecule has 3 heterocycles. The predicted molar refractivity (Wildman–Crippen MR) is 136 cm³/mol. The van der Waals surface area contributed by atoms with Gasteiger partial charge in [-0.3, -0.25) is 4.98 Å². The lowest BCUT2D eigenvalue weighted by Crippen LogP contribution is -1.99. The minimum atomic E-state index is 0.695. The van der Waals surface area contributed by atoms with Crippen molar-refractivity contribution in [1.29, 1.82) is 0 Å². The molecule has 0 unspecified atom stereocenters. The number of aromatic nitrogens is 3. The maximum absolute atomic E-state index is 6.09. The van der Waals surface area contributed by atoms with E-state index in [9.17, 15) is 0 Å². The standard InChI is InChI=1S/C25H16BrClN4S/c26-18-8-4-17(5-9-18)23-15-32-25(30-23)31-24-20(16-6-10-19(27)11-7-16)12-13-22(29-24)21-3-1-2-14-28-21/h1-15H,(H,29,30,31). The number of thiazole rings is 1. The zero-order valence-electron chi connectivity index (χ0n) is 16.7. The van der Waals surface area contributed by atoms with Crippen molar-refractivity contribution in [2.75, 3.05) is 5.32 Å². The zero-order valence-corrected chi connectivity index (χ0v) is 19.8. The Morgan fingerprint density at radius 3 is 2.28 bits per heavy atom. The molecule has 5 aromatic rings. The molecule has 0 spiro atoms. The van der Waals surface area contributed by atoms with Gasteiger partial charge in [-0.1, -0.05) is 57.9 Å². The molecule has 0 amide bonds. The van der Waals surface area contributed by atoms with Crippen LogP contribution >= 0.6 is 38.9 Å². The van der Waals surface area contributed by atoms with Crippen molar-refractivity contribution < 1.29 is 0 Å². The molecule has 0 fully saturated rings. The molecule has 4 nitrogen and oxygen atoms in total. The largest absolute Gasteiger partial charge is 0.316 e. The Morgan fingerprint density at radius 1 is 0.750 bits per heavy atom. The lowest BCUT2D eigenvalue weighted by Gasteiger charge is -2.12. The van der Waals surface area contributed by atoms with Crippen LogP contribution in [0.5, 0.6) is 0 Å². The van der Waals surface area contributed by atoms with Crippen LogP contribution in [0.1, 0.15) is 0 Å². The molecule has 0 radical (unpaired) electrons. The van der Waals surface area contributed by atoms with Crippen molar-refractivity contribution in [3.8, 4) is 33.8 Å². The van der Waals surface area contributed by atoms with E-state index in [-0.39, 0.29) is 0 Å². The fraction of sp³-hybridized carbons (Fsp3) is 0. The number of hydrogen-bond acceptors (Lipinski definition) is 5. The topological polar surface area (TPSA) is 50.7 Å². The summed E-state index contributed by atoms with van der Waals surface area (Å²) in [5.41, 5.74) is 5.55. The third-order valence-corrected chi connectivity index (χ3v) is 6.39. The number of nitrogens with zero attached hydrogens (tertiary/aromatic N) is 3. The van der Waals surface area contributed by atoms with Crippen molar-refractivity contribution in [1.82, 2.24) is 15.0 Å². The Balaban J connectivity index is 1.53. The summed E-state index contributed by atoms with van der Waals surface area (Å²) >= 11 is 11.1. The molecule has 3 aromatic heterocycles. The van der Waals surface area contributed by atoms with Crippen molar-refractivity contribution in [2.24, 2.45) is 0 Å². The van der Waals surface area contributed by atoms with Crippen molar-refractivity contribution in [3.63, 3.8) is 0 Å². The predicted octanol–water partition coefficient (Wildman–Crippen LogP) is 8.09. The lowest BCUT2D eigenvalue weighted by atomic mass is 10.1. The van der Waals surface area contributed by atoms with Gasteiger partial charge in [0.15, 0.2) is 5.13 Å². The fourth-order valence-corrected chi connectivity index (χ4v) is 4.37. The van der Waals surface area contributed by atoms with E-state index in [1.807, 2.05) is 84.2 Å². The monoisotopic (exact) mass is 518 g/mol. The third-order valence-electron chi connectivity index (χ3n) is 4.85. The second-order valence-corrected chi connectivity index (χ2v) is 9.19. The highest BCUT2D eigenvalue weighted by atomic mass is 79.9. The van der Waals surface area contributed by atoms with Crippen molar-refractivity contribution >= 4 is 49.8 Å². The van der Waals surface area contributed by atoms with Crippen LogP contribution in [0, 0.1) is 0 Å². The number of benzene rings is 2.